The fourth-order valence-corrected chi connectivity index (χ4v) is 3.29. The number of hydrazine groups is 1. The van der Waals surface area contributed by atoms with Crippen LogP contribution in [-0.4, -0.2) is 30.8 Å². The SMILES string of the molecule is Cc1ccc(C(=O)NNC(=O)CSc2ccc3c(c2)OCCO3)c(C)c1. The molecule has 136 valence electrons. The summed E-state index contributed by atoms with van der Waals surface area (Å²) >= 11 is 1.36. The summed E-state index contributed by atoms with van der Waals surface area (Å²) in [6.45, 7) is 4.89. The molecule has 0 radical (unpaired) electrons. The minimum absolute atomic E-state index is 0.173. The molecule has 0 aromatic heterocycles. The Labute approximate surface area is 156 Å². The molecule has 2 aromatic carbocycles. The maximum absolute atomic E-state index is 12.2. The molecule has 7 heteroatoms. The Balaban J connectivity index is 1.49. The van der Waals surface area contributed by atoms with Gasteiger partial charge in [0.15, 0.2) is 11.5 Å². The van der Waals surface area contributed by atoms with Crippen LogP contribution in [0.15, 0.2) is 41.3 Å². The lowest BCUT2D eigenvalue weighted by Crippen LogP contribution is -2.42. The van der Waals surface area contributed by atoms with Crippen molar-refractivity contribution >= 4 is 23.6 Å². The van der Waals surface area contributed by atoms with Crippen LogP contribution in [0.4, 0.5) is 0 Å². The summed E-state index contributed by atoms with van der Waals surface area (Å²) in [6, 6.07) is 11.1. The van der Waals surface area contributed by atoms with E-state index in [2.05, 4.69) is 10.9 Å². The number of hydrogen-bond donors (Lipinski definition) is 2. The number of rotatable bonds is 4. The fraction of sp³-hybridized carbons (Fsp3) is 0.263. The second-order valence-electron chi connectivity index (χ2n) is 5.91. The lowest BCUT2D eigenvalue weighted by molar-refractivity contribution is -0.119. The molecule has 1 aliphatic heterocycles. The van der Waals surface area contributed by atoms with E-state index in [9.17, 15) is 9.59 Å². The van der Waals surface area contributed by atoms with Crippen LogP contribution in [0.25, 0.3) is 0 Å². The van der Waals surface area contributed by atoms with Crippen LogP contribution in [0.2, 0.25) is 0 Å². The number of thioether (sulfide) groups is 1. The molecular formula is C19H20N2O4S. The third-order valence-electron chi connectivity index (χ3n) is 3.83. The first-order valence-electron chi connectivity index (χ1n) is 8.22. The molecule has 3 rings (SSSR count). The Morgan fingerprint density at radius 1 is 1.00 bits per heavy atom. The maximum atomic E-state index is 12.2. The van der Waals surface area contributed by atoms with Crippen LogP contribution in [0.3, 0.4) is 0 Å². The molecule has 0 bridgehead atoms. The smallest absolute Gasteiger partial charge is 0.269 e. The van der Waals surface area contributed by atoms with Crippen LogP contribution in [0.5, 0.6) is 11.5 Å². The van der Waals surface area contributed by atoms with Crippen LogP contribution >= 0.6 is 11.8 Å². The predicted octanol–water partition coefficient (Wildman–Crippen LogP) is 2.63. The van der Waals surface area contributed by atoms with Crippen molar-refractivity contribution in [1.82, 2.24) is 10.9 Å². The van der Waals surface area contributed by atoms with Gasteiger partial charge >= 0.3 is 0 Å². The van der Waals surface area contributed by atoms with Gasteiger partial charge in [-0.3, -0.25) is 20.4 Å². The number of amides is 2. The van der Waals surface area contributed by atoms with Crippen molar-refractivity contribution in [3.05, 3.63) is 53.1 Å². The van der Waals surface area contributed by atoms with Gasteiger partial charge in [-0.05, 0) is 43.7 Å². The second kappa shape index (κ2) is 8.14. The highest BCUT2D eigenvalue weighted by atomic mass is 32.2. The summed E-state index contributed by atoms with van der Waals surface area (Å²) in [5.41, 5.74) is 7.37. The monoisotopic (exact) mass is 372 g/mol. The molecule has 0 aliphatic carbocycles. The maximum Gasteiger partial charge on any atom is 0.269 e. The quantitative estimate of drug-likeness (QED) is 0.637. The van der Waals surface area contributed by atoms with Crippen molar-refractivity contribution in [2.75, 3.05) is 19.0 Å². The predicted molar refractivity (Wildman–Crippen MR) is 99.7 cm³/mol. The molecule has 0 unspecified atom stereocenters. The molecule has 2 N–H and O–H groups in total. The fourth-order valence-electron chi connectivity index (χ4n) is 2.56. The highest BCUT2D eigenvalue weighted by Gasteiger charge is 2.13. The highest BCUT2D eigenvalue weighted by Crippen LogP contribution is 2.34. The number of aryl methyl sites for hydroxylation is 2. The molecule has 0 spiro atoms. The van der Waals surface area contributed by atoms with Gasteiger partial charge in [0.1, 0.15) is 13.2 Å². The van der Waals surface area contributed by atoms with Crippen molar-refractivity contribution < 1.29 is 19.1 Å². The lowest BCUT2D eigenvalue weighted by atomic mass is 10.1. The van der Waals surface area contributed by atoms with Crippen molar-refractivity contribution in [2.24, 2.45) is 0 Å². The van der Waals surface area contributed by atoms with Gasteiger partial charge in [0.2, 0.25) is 5.91 Å². The van der Waals surface area contributed by atoms with Crippen molar-refractivity contribution in [2.45, 2.75) is 18.7 Å². The minimum Gasteiger partial charge on any atom is -0.486 e. The normalized spacial score (nSPS) is 12.4. The number of nitrogens with one attached hydrogen (secondary N) is 2. The molecule has 0 atom stereocenters. The van der Waals surface area contributed by atoms with E-state index in [1.165, 1.54) is 11.8 Å². The first kappa shape index (κ1) is 18.1. The van der Waals surface area contributed by atoms with E-state index in [0.29, 0.717) is 30.3 Å². The Kier molecular flexibility index (Phi) is 5.68. The second-order valence-corrected chi connectivity index (χ2v) is 6.96. The van der Waals surface area contributed by atoms with Gasteiger partial charge in [-0.1, -0.05) is 17.7 Å². The van der Waals surface area contributed by atoms with E-state index in [1.807, 2.05) is 44.2 Å². The van der Waals surface area contributed by atoms with Crippen molar-refractivity contribution in [3.63, 3.8) is 0 Å². The summed E-state index contributed by atoms with van der Waals surface area (Å²) in [5, 5.41) is 0. The lowest BCUT2D eigenvalue weighted by Gasteiger charge is -2.18. The van der Waals surface area contributed by atoms with E-state index < -0.39 is 0 Å². The highest BCUT2D eigenvalue weighted by molar-refractivity contribution is 8.00. The van der Waals surface area contributed by atoms with E-state index in [4.69, 9.17) is 9.47 Å². The van der Waals surface area contributed by atoms with E-state index in [-0.39, 0.29) is 17.6 Å². The Morgan fingerprint density at radius 3 is 2.54 bits per heavy atom. The van der Waals surface area contributed by atoms with Gasteiger partial charge in [-0.25, -0.2) is 0 Å². The summed E-state index contributed by atoms with van der Waals surface area (Å²) in [5.74, 6) is 0.950. The molecule has 0 fully saturated rings. The first-order valence-corrected chi connectivity index (χ1v) is 9.20. The minimum atomic E-state index is -0.333. The van der Waals surface area contributed by atoms with Gasteiger partial charge in [0.25, 0.3) is 5.91 Å². The van der Waals surface area contributed by atoms with Crippen LogP contribution in [0.1, 0.15) is 21.5 Å². The van der Waals surface area contributed by atoms with E-state index in [0.717, 1.165) is 16.0 Å². The molecule has 1 heterocycles. The largest absolute Gasteiger partial charge is 0.486 e. The Morgan fingerprint density at radius 2 is 1.77 bits per heavy atom. The van der Waals surface area contributed by atoms with Gasteiger partial charge in [-0.15, -0.1) is 11.8 Å². The number of carbonyl (C=O) groups excluding carboxylic acids is 2. The average Bonchev–Trinajstić information content (AvgIpc) is 2.64. The zero-order chi connectivity index (χ0) is 18.5. The Hall–Kier alpha value is -2.67. The molecule has 2 aromatic rings. The molecule has 6 nitrogen and oxygen atoms in total. The molecular weight excluding hydrogens is 352 g/mol. The summed E-state index contributed by atoms with van der Waals surface area (Å²) in [4.78, 5) is 25.0. The van der Waals surface area contributed by atoms with Crippen LogP contribution < -0.4 is 20.3 Å². The van der Waals surface area contributed by atoms with Crippen molar-refractivity contribution in [1.29, 1.82) is 0 Å². The summed E-state index contributed by atoms with van der Waals surface area (Å²) in [6.07, 6.45) is 0. The zero-order valence-corrected chi connectivity index (χ0v) is 15.4. The standard InChI is InChI=1S/C19H20N2O4S/c1-12-3-5-15(13(2)9-12)19(23)21-20-18(22)11-26-14-4-6-16-17(10-14)25-8-7-24-16/h3-6,9-10H,7-8,11H2,1-2H3,(H,20,22)(H,21,23). The average molecular weight is 372 g/mol. The molecule has 2 amide bonds. The van der Waals surface area contributed by atoms with E-state index in [1.54, 1.807) is 6.07 Å². The first-order chi connectivity index (χ1) is 12.5. The third-order valence-corrected chi connectivity index (χ3v) is 4.82. The van der Waals surface area contributed by atoms with Crippen LogP contribution in [0, 0.1) is 13.8 Å². The van der Waals surface area contributed by atoms with Gasteiger partial charge in [0.05, 0.1) is 5.75 Å². The van der Waals surface area contributed by atoms with E-state index >= 15 is 0 Å². The molecule has 0 saturated carbocycles. The van der Waals surface area contributed by atoms with Gasteiger partial charge in [0, 0.05) is 10.5 Å². The van der Waals surface area contributed by atoms with Crippen LogP contribution in [-0.2, 0) is 4.79 Å². The zero-order valence-electron chi connectivity index (χ0n) is 14.6. The Bertz CT molecular complexity index is 838. The van der Waals surface area contributed by atoms with Gasteiger partial charge < -0.3 is 9.47 Å². The van der Waals surface area contributed by atoms with Crippen molar-refractivity contribution in [3.8, 4) is 11.5 Å². The number of benzene rings is 2. The summed E-state index contributed by atoms with van der Waals surface area (Å²) < 4.78 is 11.0. The topological polar surface area (TPSA) is 76.7 Å². The summed E-state index contributed by atoms with van der Waals surface area (Å²) in [7, 11) is 0. The van der Waals surface area contributed by atoms with Gasteiger partial charge in [-0.2, -0.15) is 0 Å². The molecule has 0 saturated heterocycles. The third kappa shape index (κ3) is 4.49. The number of carbonyl (C=O) groups is 2. The molecule has 26 heavy (non-hydrogen) atoms. The number of hydrogen-bond acceptors (Lipinski definition) is 5. The number of fused-ring (bicyclic) bond motifs is 1. The number of ether oxygens (including phenoxy) is 2. The molecule has 1 aliphatic rings.